The molecule has 0 saturated heterocycles. The molecule has 0 amide bonds. The van der Waals surface area contributed by atoms with Gasteiger partial charge in [-0.1, -0.05) is 29.8 Å². The summed E-state index contributed by atoms with van der Waals surface area (Å²) in [5, 5.41) is 3.12. The number of benzene rings is 1. The van der Waals surface area contributed by atoms with Crippen LogP contribution in [0.3, 0.4) is 0 Å². The number of aryl methyl sites for hydroxylation is 3. The number of aromatic nitrogens is 1. The summed E-state index contributed by atoms with van der Waals surface area (Å²) in [6.45, 7) is 4.15. The van der Waals surface area contributed by atoms with E-state index in [2.05, 4.69) is 41.5 Å². The van der Waals surface area contributed by atoms with Crippen molar-refractivity contribution >= 4 is 0 Å². The normalized spacial score (nSPS) is 12.6. The number of hydrogen-bond donors (Lipinski definition) is 1. The standard InChI is InChI=1S/C15H20N2O/c1-11-5-4-6-13(9-11)7-8-14-10-17-15(18-14)12(2)16-3/h4-6,9-10,12,16H,7-8H2,1-3H3. The predicted molar refractivity (Wildman–Crippen MR) is 72.6 cm³/mol. The number of rotatable bonds is 5. The van der Waals surface area contributed by atoms with Gasteiger partial charge in [0, 0.05) is 6.42 Å². The van der Waals surface area contributed by atoms with Gasteiger partial charge in [-0.25, -0.2) is 4.98 Å². The fourth-order valence-electron chi connectivity index (χ4n) is 1.90. The van der Waals surface area contributed by atoms with E-state index in [4.69, 9.17) is 4.42 Å². The van der Waals surface area contributed by atoms with Crippen LogP contribution in [0.25, 0.3) is 0 Å². The van der Waals surface area contributed by atoms with Crippen molar-refractivity contribution in [3.05, 3.63) is 53.2 Å². The number of hydrogen-bond acceptors (Lipinski definition) is 3. The van der Waals surface area contributed by atoms with Crippen LogP contribution in [-0.4, -0.2) is 12.0 Å². The van der Waals surface area contributed by atoms with Crippen molar-refractivity contribution in [2.24, 2.45) is 0 Å². The van der Waals surface area contributed by atoms with Gasteiger partial charge in [0.05, 0.1) is 12.2 Å². The van der Waals surface area contributed by atoms with Crippen LogP contribution < -0.4 is 5.32 Å². The Morgan fingerprint density at radius 2 is 2.17 bits per heavy atom. The largest absolute Gasteiger partial charge is 0.444 e. The molecule has 0 aliphatic heterocycles. The lowest BCUT2D eigenvalue weighted by Gasteiger charge is -2.04. The third-order valence-corrected chi connectivity index (χ3v) is 3.12. The van der Waals surface area contributed by atoms with Gasteiger partial charge >= 0.3 is 0 Å². The fourth-order valence-corrected chi connectivity index (χ4v) is 1.90. The lowest BCUT2D eigenvalue weighted by molar-refractivity contribution is 0.407. The monoisotopic (exact) mass is 244 g/mol. The molecule has 1 N–H and O–H groups in total. The molecule has 0 spiro atoms. The number of nitrogens with one attached hydrogen (secondary N) is 1. The first-order valence-electron chi connectivity index (χ1n) is 6.36. The molecule has 3 nitrogen and oxygen atoms in total. The van der Waals surface area contributed by atoms with Gasteiger partial charge in [-0.3, -0.25) is 0 Å². The Kier molecular flexibility index (Phi) is 4.15. The maximum absolute atomic E-state index is 5.71. The maximum atomic E-state index is 5.71. The average Bonchev–Trinajstić information content (AvgIpc) is 2.84. The van der Waals surface area contributed by atoms with Crippen molar-refractivity contribution < 1.29 is 4.42 Å². The van der Waals surface area contributed by atoms with E-state index in [1.54, 1.807) is 0 Å². The molecule has 1 aromatic carbocycles. The van der Waals surface area contributed by atoms with E-state index in [-0.39, 0.29) is 6.04 Å². The van der Waals surface area contributed by atoms with Crippen LogP contribution >= 0.6 is 0 Å². The highest BCUT2D eigenvalue weighted by molar-refractivity contribution is 5.22. The van der Waals surface area contributed by atoms with E-state index in [0.717, 1.165) is 24.5 Å². The molecule has 0 saturated carbocycles. The lowest BCUT2D eigenvalue weighted by Crippen LogP contribution is -2.12. The number of oxazole rings is 1. The summed E-state index contributed by atoms with van der Waals surface area (Å²) in [6, 6.07) is 8.75. The van der Waals surface area contributed by atoms with Crippen LogP contribution in [0.5, 0.6) is 0 Å². The van der Waals surface area contributed by atoms with Gasteiger partial charge in [-0.15, -0.1) is 0 Å². The van der Waals surface area contributed by atoms with Gasteiger partial charge in [-0.2, -0.15) is 0 Å². The van der Waals surface area contributed by atoms with Gasteiger partial charge in [-0.05, 0) is 32.9 Å². The van der Waals surface area contributed by atoms with Gasteiger partial charge in [0.1, 0.15) is 5.76 Å². The average molecular weight is 244 g/mol. The van der Waals surface area contributed by atoms with E-state index in [9.17, 15) is 0 Å². The molecule has 0 aliphatic carbocycles. The summed E-state index contributed by atoms with van der Waals surface area (Å²) in [5.41, 5.74) is 2.64. The molecule has 1 heterocycles. The zero-order valence-electron chi connectivity index (χ0n) is 11.2. The minimum atomic E-state index is 0.165. The first kappa shape index (κ1) is 12.8. The molecule has 0 fully saturated rings. The van der Waals surface area contributed by atoms with Crippen molar-refractivity contribution in [2.45, 2.75) is 32.7 Å². The first-order chi connectivity index (χ1) is 8.69. The molecule has 1 unspecified atom stereocenters. The lowest BCUT2D eigenvalue weighted by atomic mass is 10.1. The molecule has 0 bridgehead atoms. The van der Waals surface area contributed by atoms with Crippen LogP contribution in [0.15, 0.2) is 34.9 Å². The second kappa shape index (κ2) is 5.83. The maximum Gasteiger partial charge on any atom is 0.211 e. The van der Waals surface area contributed by atoms with E-state index in [1.165, 1.54) is 11.1 Å². The van der Waals surface area contributed by atoms with Crippen LogP contribution in [0, 0.1) is 6.92 Å². The van der Waals surface area contributed by atoms with E-state index in [0.29, 0.717) is 0 Å². The molecule has 0 radical (unpaired) electrons. The molecular formula is C15H20N2O. The van der Waals surface area contributed by atoms with Gasteiger partial charge < -0.3 is 9.73 Å². The Labute approximate surface area is 108 Å². The zero-order chi connectivity index (χ0) is 13.0. The van der Waals surface area contributed by atoms with Crippen molar-refractivity contribution in [3.63, 3.8) is 0 Å². The first-order valence-corrected chi connectivity index (χ1v) is 6.36. The van der Waals surface area contributed by atoms with Crippen LogP contribution in [0.1, 0.15) is 35.7 Å². The predicted octanol–water partition coefficient (Wildman–Crippen LogP) is 3.05. The smallest absolute Gasteiger partial charge is 0.211 e. The van der Waals surface area contributed by atoms with E-state index in [1.807, 2.05) is 20.2 Å². The SMILES string of the molecule is CNC(C)c1ncc(CCc2cccc(C)c2)o1. The molecule has 96 valence electrons. The molecule has 18 heavy (non-hydrogen) atoms. The van der Waals surface area contributed by atoms with Crippen molar-refractivity contribution in [1.29, 1.82) is 0 Å². The number of nitrogens with zero attached hydrogens (tertiary/aromatic N) is 1. The fraction of sp³-hybridized carbons (Fsp3) is 0.400. The second-order valence-corrected chi connectivity index (χ2v) is 4.66. The van der Waals surface area contributed by atoms with Crippen LogP contribution in [0.2, 0.25) is 0 Å². The highest BCUT2D eigenvalue weighted by atomic mass is 16.4. The summed E-state index contributed by atoms with van der Waals surface area (Å²) in [4.78, 5) is 4.29. The summed E-state index contributed by atoms with van der Waals surface area (Å²) in [6.07, 6.45) is 3.72. The van der Waals surface area contributed by atoms with Gasteiger partial charge in [0.2, 0.25) is 5.89 Å². The summed E-state index contributed by atoms with van der Waals surface area (Å²) in [5.74, 6) is 1.71. The van der Waals surface area contributed by atoms with Crippen molar-refractivity contribution in [1.82, 2.24) is 10.3 Å². The molecule has 1 aromatic heterocycles. The van der Waals surface area contributed by atoms with Crippen LogP contribution in [-0.2, 0) is 12.8 Å². The van der Waals surface area contributed by atoms with Gasteiger partial charge in [0.15, 0.2) is 0 Å². The Bertz CT molecular complexity index is 505. The molecule has 3 heteroatoms. The second-order valence-electron chi connectivity index (χ2n) is 4.66. The Balaban J connectivity index is 1.96. The van der Waals surface area contributed by atoms with E-state index < -0.39 is 0 Å². The van der Waals surface area contributed by atoms with Gasteiger partial charge in [0.25, 0.3) is 0 Å². The Morgan fingerprint density at radius 3 is 2.89 bits per heavy atom. The zero-order valence-corrected chi connectivity index (χ0v) is 11.2. The third kappa shape index (κ3) is 3.20. The summed E-state index contributed by atoms with van der Waals surface area (Å²) in [7, 11) is 1.90. The highest BCUT2D eigenvalue weighted by Crippen LogP contribution is 2.14. The molecule has 0 aliphatic rings. The topological polar surface area (TPSA) is 38.1 Å². The van der Waals surface area contributed by atoms with Crippen LogP contribution in [0.4, 0.5) is 0 Å². The Hall–Kier alpha value is -1.61. The quantitative estimate of drug-likeness (QED) is 0.878. The minimum absolute atomic E-state index is 0.165. The molecular weight excluding hydrogens is 224 g/mol. The van der Waals surface area contributed by atoms with Crippen molar-refractivity contribution in [3.8, 4) is 0 Å². The van der Waals surface area contributed by atoms with E-state index >= 15 is 0 Å². The summed E-state index contributed by atoms with van der Waals surface area (Å²) >= 11 is 0. The minimum Gasteiger partial charge on any atom is -0.444 e. The molecule has 1 atom stereocenters. The third-order valence-electron chi connectivity index (χ3n) is 3.12. The summed E-state index contributed by atoms with van der Waals surface area (Å²) < 4.78 is 5.71. The Morgan fingerprint density at radius 1 is 1.33 bits per heavy atom. The molecule has 2 rings (SSSR count). The molecule has 2 aromatic rings. The highest BCUT2D eigenvalue weighted by Gasteiger charge is 2.09. The van der Waals surface area contributed by atoms with Crippen molar-refractivity contribution in [2.75, 3.05) is 7.05 Å².